The van der Waals surface area contributed by atoms with Crippen molar-refractivity contribution in [1.82, 2.24) is 9.29 Å². The molecule has 0 aromatic carbocycles. The van der Waals surface area contributed by atoms with Gasteiger partial charge in [0, 0.05) is 32.4 Å². The monoisotopic (exact) mass is 299 g/mol. The van der Waals surface area contributed by atoms with Crippen molar-refractivity contribution < 1.29 is 13.5 Å². The standard InChI is InChI=1S/C13H21N3O3S/c1-2-14-12-4-3-7-15-13(12)20(18,19)16-8-5-11(10-16)6-9-17/h3-4,7,11,14,17H,2,5-6,8-10H2,1H3. The number of rotatable bonds is 6. The van der Waals surface area contributed by atoms with Crippen LogP contribution in [0.15, 0.2) is 23.4 Å². The summed E-state index contributed by atoms with van der Waals surface area (Å²) in [5.74, 6) is 0.237. The molecule has 0 radical (unpaired) electrons. The van der Waals surface area contributed by atoms with E-state index in [0.29, 0.717) is 31.7 Å². The van der Waals surface area contributed by atoms with Gasteiger partial charge >= 0.3 is 0 Å². The first-order valence-corrected chi connectivity index (χ1v) is 8.33. The molecule has 1 unspecified atom stereocenters. The summed E-state index contributed by atoms with van der Waals surface area (Å²) in [6.45, 7) is 3.61. The van der Waals surface area contributed by atoms with Crippen molar-refractivity contribution in [3.63, 3.8) is 0 Å². The van der Waals surface area contributed by atoms with Crippen LogP contribution < -0.4 is 5.32 Å². The van der Waals surface area contributed by atoms with Crippen molar-refractivity contribution in [2.24, 2.45) is 5.92 Å². The van der Waals surface area contributed by atoms with Crippen molar-refractivity contribution >= 4 is 15.7 Å². The first kappa shape index (κ1) is 15.2. The van der Waals surface area contributed by atoms with Crippen LogP contribution in [0.5, 0.6) is 0 Å². The number of hydrogen-bond donors (Lipinski definition) is 2. The van der Waals surface area contributed by atoms with Crippen LogP contribution in [0.2, 0.25) is 0 Å². The molecule has 1 aromatic rings. The number of anilines is 1. The third-order valence-corrected chi connectivity index (χ3v) is 5.33. The third kappa shape index (κ3) is 3.11. The lowest BCUT2D eigenvalue weighted by atomic mass is 10.1. The molecule has 1 fully saturated rings. The van der Waals surface area contributed by atoms with Crippen molar-refractivity contribution in [2.45, 2.75) is 24.8 Å². The highest BCUT2D eigenvalue weighted by Gasteiger charge is 2.34. The Balaban J connectivity index is 2.23. The molecule has 1 aliphatic rings. The molecule has 0 spiro atoms. The van der Waals surface area contributed by atoms with Crippen molar-refractivity contribution in [1.29, 1.82) is 0 Å². The zero-order valence-electron chi connectivity index (χ0n) is 11.6. The minimum atomic E-state index is -3.56. The molecule has 1 aliphatic heterocycles. The Morgan fingerprint density at radius 3 is 3.05 bits per heavy atom. The zero-order chi connectivity index (χ0) is 14.6. The average Bonchev–Trinajstić information content (AvgIpc) is 2.89. The molecule has 1 saturated heterocycles. The third-order valence-electron chi connectivity index (χ3n) is 3.51. The zero-order valence-corrected chi connectivity index (χ0v) is 12.4. The molecule has 1 atom stereocenters. The molecule has 112 valence electrons. The number of sulfonamides is 1. The van der Waals surface area contributed by atoms with E-state index in [9.17, 15) is 8.42 Å². The van der Waals surface area contributed by atoms with Crippen molar-refractivity contribution in [3.05, 3.63) is 18.3 Å². The highest BCUT2D eigenvalue weighted by molar-refractivity contribution is 7.89. The van der Waals surface area contributed by atoms with Gasteiger partial charge in [-0.25, -0.2) is 13.4 Å². The van der Waals surface area contributed by atoms with Gasteiger partial charge in [-0.2, -0.15) is 4.31 Å². The molecule has 0 aliphatic carbocycles. The van der Waals surface area contributed by atoms with Gasteiger partial charge in [-0.05, 0) is 37.8 Å². The van der Waals surface area contributed by atoms with Gasteiger partial charge in [0.2, 0.25) is 0 Å². The average molecular weight is 299 g/mol. The summed E-state index contributed by atoms with van der Waals surface area (Å²) < 4.78 is 26.8. The second-order valence-corrected chi connectivity index (χ2v) is 6.77. The fraction of sp³-hybridized carbons (Fsp3) is 0.615. The molecule has 20 heavy (non-hydrogen) atoms. The minimum Gasteiger partial charge on any atom is -0.396 e. The molecule has 2 N–H and O–H groups in total. The summed E-state index contributed by atoms with van der Waals surface area (Å²) in [6, 6.07) is 3.44. The lowest BCUT2D eigenvalue weighted by Gasteiger charge is -2.18. The molecule has 0 bridgehead atoms. The van der Waals surface area contributed by atoms with E-state index in [0.717, 1.165) is 6.42 Å². The summed E-state index contributed by atoms with van der Waals surface area (Å²) >= 11 is 0. The SMILES string of the molecule is CCNc1cccnc1S(=O)(=O)N1CCC(CCO)C1. The Bertz CT molecular complexity index is 548. The van der Waals surface area contributed by atoms with Crippen LogP contribution >= 0.6 is 0 Å². The van der Waals surface area contributed by atoms with Gasteiger partial charge in [0.05, 0.1) is 5.69 Å². The van der Waals surface area contributed by atoms with Gasteiger partial charge < -0.3 is 10.4 Å². The maximum absolute atomic E-state index is 12.6. The van der Waals surface area contributed by atoms with E-state index < -0.39 is 10.0 Å². The fourth-order valence-corrected chi connectivity index (χ4v) is 4.09. The quantitative estimate of drug-likeness (QED) is 0.816. The summed E-state index contributed by atoms with van der Waals surface area (Å²) in [5, 5.41) is 12.1. The van der Waals surface area contributed by atoms with Gasteiger partial charge in [-0.3, -0.25) is 0 Å². The number of pyridine rings is 1. The Kier molecular flexibility index (Phi) is 4.95. The largest absolute Gasteiger partial charge is 0.396 e. The fourth-order valence-electron chi connectivity index (χ4n) is 2.48. The van der Waals surface area contributed by atoms with Crippen molar-refractivity contribution in [2.75, 3.05) is 31.6 Å². The van der Waals surface area contributed by atoms with Crippen molar-refractivity contribution in [3.8, 4) is 0 Å². The van der Waals surface area contributed by atoms with E-state index >= 15 is 0 Å². The molecule has 0 saturated carbocycles. The lowest BCUT2D eigenvalue weighted by Crippen LogP contribution is -2.30. The second kappa shape index (κ2) is 6.51. The van der Waals surface area contributed by atoms with E-state index in [1.54, 1.807) is 12.1 Å². The minimum absolute atomic E-state index is 0.0894. The van der Waals surface area contributed by atoms with Gasteiger partial charge in [-0.15, -0.1) is 0 Å². The van der Waals surface area contributed by atoms with Crippen LogP contribution in [-0.4, -0.2) is 49.1 Å². The topological polar surface area (TPSA) is 82.5 Å². The van der Waals surface area contributed by atoms with Crippen LogP contribution in [0.1, 0.15) is 19.8 Å². The summed E-state index contributed by atoms with van der Waals surface area (Å²) in [4.78, 5) is 4.04. The molecule has 6 nitrogen and oxygen atoms in total. The maximum atomic E-state index is 12.6. The molecule has 2 heterocycles. The predicted molar refractivity (Wildman–Crippen MR) is 77.0 cm³/mol. The van der Waals surface area contributed by atoms with Crippen LogP contribution in [0, 0.1) is 5.92 Å². The molecule has 2 rings (SSSR count). The maximum Gasteiger partial charge on any atom is 0.262 e. The van der Waals surface area contributed by atoms with Crippen LogP contribution in [0.4, 0.5) is 5.69 Å². The Morgan fingerprint density at radius 1 is 1.55 bits per heavy atom. The normalized spacial score (nSPS) is 20.2. The van der Waals surface area contributed by atoms with E-state index in [2.05, 4.69) is 10.3 Å². The van der Waals surface area contributed by atoms with Crippen LogP contribution in [-0.2, 0) is 10.0 Å². The Labute approximate surface area is 119 Å². The molecule has 1 aromatic heterocycles. The highest BCUT2D eigenvalue weighted by Crippen LogP contribution is 2.28. The molecule has 7 heteroatoms. The number of aliphatic hydroxyl groups excluding tert-OH is 1. The number of hydrogen-bond acceptors (Lipinski definition) is 5. The van der Waals surface area contributed by atoms with Gasteiger partial charge in [0.1, 0.15) is 0 Å². The van der Waals surface area contributed by atoms with Crippen LogP contribution in [0.3, 0.4) is 0 Å². The predicted octanol–water partition coefficient (Wildman–Crippen LogP) is 0.906. The molecule has 0 amide bonds. The Hall–Kier alpha value is -1.18. The second-order valence-electron chi connectivity index (χ2n) is 4.92. The summed E-state index contributed by atoms with van der Waals surface area (Å²) in [5.41, 5.74) is 0.542. The highest BCUT2D eigenvalue weighted by atomic mass is 32.2. The first-order valence-electron chi connectivity index (χ1n) is 6.89. The Morgan fingerprint density at radius 2 is 2.35 bits per heavy atom. The van der Waals surface area contributed by atoms with E-state index in [1.807, 2.05) is 6.92 Å². The number of aliphatic hydroxyl groups is 1. The van der Waals surface area contributed by atoms with E-state index in [1.165, 1.54) is 10.5 Å². The van der Waals surface area contributed by atoms with Gasteiger partial charge in [0.25, 0.3) is 10.0 Å². The van der Waals surface area contributed by atoms with Gasteiger partial charge in [0.15, 0.2) is 5.03 Å². The molecular weight excluding hydrogens is 278 g/mol. The number of nitrogens with one attached hydrogen (secondary N) is 1. The van der Waals surface area contributed by atoms with E-state index in [-0.39, 0.29) is 17.6 Å². The van der Waals surface area contributed by atoms with E-state index in [4.69, 9.17) is 5.11 Å². The first-order chi connectivity index (χ1) is 9.59. The summed E-state index contributed by atoms with van der Waals surface area (Å²) in [6.07, 6.45) is 2.94. The van der Waals surface area contributed by atoms with Gasteiger partial charge in [-0.1, -0.05) is 0 Å². The number of aromatic nitrogens is 1. The van der Waals surface area contributed by atoms with Crippen LogP contribution in [0.25, 0.3) is 0 Å². The lowest BCUT2D eigenvalue weighted by molar-refractivity contribution is 0.259. The summed E-state index contributed by atoms with van der Waals surface area (Å²) in [7, 11) is -3.56. The smallest absolute Gasteiger partial charge is 0.262 e. The number of nitrogens with zero attached hydrogens (tertiary/aromatic N) is 2. The molecular formula is C13H21N3O3S.